The summed E-state index contributed by atoms with van der Waals surface area (Å²) in [6, 6.07) is 0. The molecule has 1 saturated heterocycles. The molecule has 1 amide bonds. The number of aliphatic carboxylic acids is 1. The summed E-state index contributed by atoms with van der Waals surface area (Å²) in [5.41, 5.74) is 14.7. The van der Waals surface area contributed by atoms with Crippen LogP contribution in [-0.2, 0) is 42.4 Å². The second-order valence-corrected chi connectivity index (χ2v) is 12.9. The lowest BCUT2D eigenvalue weighted by Gasteiger charge is -2.17. The molecular weight excluding hydrogens is 677 g/mol. The van der Waals surface area contributed by atoms with Crippen LogP contribution >= 0.6 is 7.37 Å². The van der Waals surface area contributed by atoms with Gasteiger partial charge in [-0.2, -0.15) is 0 Å². The number of aliphatic hydroxyl groups excluding tert-OH is 1. The highest BCUT2D eigenvalue weighted by molar-refractivity contribution is 7.57. The van der Waals surface area contributed by atoms with Crippen molar-refractivity contribution in [3.63, 3.8) is 0 Å². The van der Waals surface area contributed by atoms with Crippen molar-refractivity contribution in [2.75, 3.05) is 66.1 Å². The Hall–Kier alpha value is -4.25. The van der Waals surface area contributed by atoms with Crippen molar-refractivity contribution < 1.29 is 52.6 Å². The smallest absolute Gasteiger partial charge is 0.330 e. The Labute approximate surface area is 279 Å². The van der Waals surface area contributed by atoms with Crippen molar-refractivity contribution in [3.8, 4) is 11.8 Å². The first-order valence-corrected chi connectivity index (χ1v) is 17.0. The average Bonchev–Trinajstić information content (AvgIpc) is 3.38. The molecule has 5 unspecified atom stereocenters. The zero-order valence-corrected chi connectivity index (χ0v) is 28.2. The zero-order valence-electron chi connectivity index (χ0n) is 27.3. The molecule has 0 spiro atoms. The summed E-state index contributed by atoms with van der Waals surface area (Å²) in [5.74, 6) is 3.72. The normalized spacial score (nSPS) is 17.9. The van der Waals surface area contributed by atoms with Gasteiger partial charge in [-0.15, -0.1) is 0 Å². The number of carbonyl (C=O) groups is 2. The molecule has 1 aromatic heterocycles. The summed E-state index contributed by atoms with van der Waals surface area (Å²) in [6.07, 6.45) is -2.58. The third-order valence-corrected chi connectivity index (χ3v) is 6.46. The first kappa shape index (κ1) is 42.8. The molecule has 4 N–H and O–H groups in total. The predicted molar refractivity (Wildman–Crippen MR) is 170 cm³/mol. The molecule has 5 atom stereocenters. The minimum absolute atomic E-state index is 0.0456. The third kappa shape index (κ3) is 19.4. The number of carboxylic acids is 1. The van der Waals surface area contributed by atoms with Crippen molar-refractivity contribution in [2.45, 2.75) is 51.2 Å². The highest BCUT2D eigenvalue weighted by Crippen LogP contribution is 2.39. The number of aromatic amines is 1. The standard InChI is InChI=1S/C20H29N6O9P.C6H11N3O4/c1-13(24-25-21)33-8-7-32-12-17(28)22-6-4-5-14-10-26(20(30)23-19(14)29)18-9-15(27)16(35-18)11-34-36(2,3)31;1-5(8-9-7)13-3-2-12-4-6(10)11/h10,13,15-16,18,27H,6-9,11-12H2,1-3H3,(H,22,28)(H,23,29,30);5H,2-4H2,1H3,(H,10,11). The van der Waals surface area contributed by atoms with Gasteiger partial charge in [0.25, 0.3) is 5.56 Å². The maximum atomic E-state index is 12.3. The van der Waals surface area contributed by atoms with E-state index in [1.807, 2.05) is 0 Å². The Morgan fingerprint density at radius 2 is 1.71 bits per heavy atom. The molecule has 0 radical (unpaired) electrons. The molecule has 0 bridgehead atoms. The largest absolute Gasteiger partial charge is 0.480 e. The van der Waals surface area contributed by atoms with Gasteiger partial charge in [0.05, 0.1) is 45.7 Å². The van der Waals surface area contributed by atoms with Gasteiger partial charge in [0.2, 0.25) is 5.91 Å². The lowest BCUT2D eigenvalue weighted by Crippen LogP contribution is -2.34. The van der Waals surface area contributed by atoms with Gasteiger partial charge in [-0.25, -0.2) is 9.59 Å². The number of H-pyrrole nitrogens is 1. The van der Waals surface area contributed by atoms with E-state index in [9.17, 15) is 28.8 Å². The van der Waals surface area contributed by atoms with Crippen molar-refractivity contribution in [1.82, 2.24) is 14.9 Å². The zero-order chi connectivity index (χ0) is 36.8. The summed E-state index contributed by atoms with van der Waals surface area (Å²) in [7, 11) is -2.78. The number of hydrogen-bond acceptors (Lipinski definition) is 14. The van der Waals surface area contributed by atoms with Gasteiger partial charge >= 0.3 is 11.7 Å². The van der Waals surface area contributed by atoms with Crippen LogP contribution in [0.2, 0.25) is 0 Å². The molecule has 1 fully saturated rings. The van der Waals surface area contributed by atoms with E-state index in [1.54, 1.807) is 13.8 Å². The Kier molecular flexibility index (Phi) is 20.2. The van der Waals surface area contributed by atoms with Gasteiger partial charge in [-0.3, -0.25) is 23.7 Å². The molecule has 1 aliphatic heterocycles. The van der Waals surface area contributed by atoms with Crippen molar-refractivity contribution in [3.05, 3.63) is 53.5 Å². The number of hydrogen-bond donors (Lipinski definition) is 4. The summed E-state index contributed by atoms with van der Waals surface area (Å²) in [6.45, 7) is 5.84. The van der Waals surface area contributed by atoms with Crippen molar-refractivity contribution in [2.24, 2.45) is 10.2 Å². The third-order valence-electron chi connectivity index (χ3n) is 5.69. The van der Waals surface area contributed by atoms with Gasteiger partial charge in [0, 0.05) is 35.8 Å². The Morgan fingerprint density at radius 3 is 2.27 bits per heavy atom. The number of aliphatic hydroxyl groups is 1. The molecule has 0 saturated carbocycles. The first-order valence-electron chi connectivity index (χ1n) is 14.5. The van der Waals surface area contributed by atoms with Crippen LogP contribution in [0.1, 0.15) is 32.1 Å². The number of aromatic nitrogens is 2. The SMILES string of the molecule is CC(N=[N+]=[N-])OCCOCC(=O)NCC#Cc1cn(C2CC(O)C(COP(C)(C)=O)O2)c(=O)[nH]c1=O.CC(N=[N+]=[N-])OCCOCC(=O)O. The van der Waals surface area contributed by atoms with E-state index in [-0.39, 0.29) is 64.8 Å². The Morgan fingerprint density at radius 1 is 1.12 bits per heavy atom. The number of nitrogens with one attached hydrogen (secondary N) is 2. The summed E-state index contributed by atoms with van der Waals surface area (Å²) in [5, 5.41) is 27.4. The second kappa shape index (κ2) is 23.2. The van der Waals surface area contributed by atoms with Crippen LogP contribution in [0.3, 0.4) is 0 Å². The molecule has 2 heterocycles. The van der Waals surface area contributed by atoms with Crippen LogP contribution in [0.4, 0.5) is 0 Å². The van der Waals surface area contributed by atoms with E-state index in [0.717, 1.165) is 4.57 Å². The quantitative estimate of drug-likeness (QED) is 0.0382. The number of ether oxygens (including phenoxy) is 5. The number of nitrogens with zero attached hydrogens (tertiary/aromatic N) is 7. The maximum Gasteiger partial charge on any atom is 0.330 e. The van der Waals surface area contributed by atoms with Crippen LogP contribution in [0.5, 0.6) is 0 Å². The molecule has 22 nitrogen and oxygen atoms in total. The summed E-state index contributed by atoms with van der Waals surface area (Å²) in [4.78, 5) is 53.4. The Balaban J connectivity index is 0.000000779. The lowest BCUT2D eigenvalue weighted by molar-refractivity contribution is -0.142. The van der Waals surface area contributed by atoms with E-state index in [0.29, 0.717) is 0 Å². The molecule has 23 heteroatoms. The average molecular weight is 718 g/mol. The molecule has 0 aliphatic carbocycles. The molecular formula is C26H40N9O13P. The van der Waals surface area contributed by atoms with Crippen molar-refractivity contribution >= 4 is 19.2 Å². The van der Waals surface area contributed by atoms with E-state index in [1.165, 1.54) is 19.5 Å². The number of carboxylic acid groups (broad SMARTS) is 1. The molecule has 49 heavy (non-hydrogen) atoms. The topological polar surface area (TPSA) is 311 Å². The minimum atomic E-state index is -2.78. The van der Waals surface area contributed by atoms with Crippen LogP contribution in [-0.4, -0.2) is 122 Å². The predicted octanol–water partition coefficient (Wildman–Crippen LogP) is 0.657. The second-order valence-electron chi connectivity index (χ2n) is 10.1. The lowest BCUT2D eigenvalue weighted by atomic mass is 10.2. The van der Waals surface area contributed by atoms with Gasteiger partial charge < -0.3 is 43.7 Å². The molecule has 1 aromatic rings. The van der Waals surface area contributed by atoms with Gasteiger partial charge in [0.1, 0.15) is 43.6 Å². The minimum Gasteiger partial charge on any atom is -0.480 e. The molecule has 0 aromatic carbocycles. The van der Waals surface area contributed by atoms with Crippen LogP contribution < -0.4 is 16.6 Å². The van der Waals surface area contributed by atoms with E-state index < -0.39 is 61.4 Å². The Bertz CT molecular complexity index is 1540. The first-order chi connectivity index (χ1) is 23.2. The summed E-state index contributed by atoms with van der Waals surface area (Å²) < 4.78 is 43.5. The van der Waals surface area contributed by atoms with E-state index in [2.05, 4.69) is 46.9 Å². The van der Waals surface area contributed by atoms with E-state index in [4.69, 9.17) is 39.6 Å². The van der Waals surface area contributed by atoms with Crippen LogP contribution in [0, 0.1) is 11.8 Å². The highest BCUT2D eigenvalue weighted by atomic mass is 31.2. The van der Waals surface area contributed by atoms with Gasteiger partial charge in [-0.05, 0) is 24.9 Å². The number of azide groups is 2. The highest BCUT2D eigenvalue weighted by Gasteiger charge is 2.36. The number of rotatable bonds is 19. The number of amides is 1. The van der Waals surface area contributed by atoms with Crippen molar-refractivity contribution in [1.29, 1.82) is 0 Å². The maximum absolute atomic E-state index is 12.3. The van der Waals surface area contributed by atoms with Crippen LogP contribution in [0.15, 0.2) is 26.0 Å². The monoisotopic (exact) mass is 717 g/mol. The summed E-state index contributed by atoms with van der Waals surface area (Å²) >= 11 is 0. The van der Waals surface area contributed by atoms with Gasteiger partial charge in [0.15, 0.2) is 7.37 Å². The molecule has 2 rings (SSSR count). The van der Waals surface area contributed by atoms with Crippen LogP contribution in [0.25, 0.3) is 20.9 Å². The van der Waals surface area contributed by atoms with E-state index >= 15 is 0 Å². The fraction of sp³-hybridized carbons (Fsp3) is 0.692. The molecule has 1 aliphatic rings. The number of carbonyl (C=O) groups excluding carboxylic acids is 1. The van der Waals surface area contributed by atoms with Gasteiger partial charge in [-0.1, -0.05) is 22.1 Å². The fourth-order valence-corrected chi connectivity index (χ4v) is 4.01. The fourth-order valence-electron chi connectivity index (χ4n) is 3.50. The molecule has 272 valence electrons.